The van der Waals surface area contributed by atoms with Crippen LogP contribution in [0.2, 0.25) is 0 Å². The molecule has 1 unspecified atom stereocenters. The van der Waals surface area contributed by atoms with Gasteiger partial charge in [0.15, 0.2) is 0 Å². The molecule has 0 aromatic carbocycles. The van der Waals surface area contributed by atoms with E-state index in [0.29, 0.717) is 17.4 Å². The first-order valence-corrected chi connectivity index (χ1v) is 5.67. The minimum Gasteiger partial charge on any atom is -0.394 e. The fraction of sp³-hybridized carbons (Fsp3) is 0.545. The zero-order chi connectivity index (χ0) is 11.5. The smallest absolute Gasteiger partial charge is 0.148 e. The van der Waals surface area contributed by atoms with Crippen molar-refractivity contribution in [3.63, 3.8) is 0 Å². The highest BCUT2D eigenvalue weighted by atomic mass is 15.2. The number of nitrogens with zero attached hydrogens (tertiary/aromatic N) is 2. The summed E-state index contributed by atoms with van der Waals surface area (Å²) in [6.45, 7) is 2.71. The Balaban J connectivity index is 2.20. The Bertz CT molecular complexity index is 365. The lowest BCUT2D eigenvalue weighted by atomic mass is 9.98. The lowest BCUT2D eigenvalue weighted by Crippen LogP contribution is -2.38. The molecule has 0 radical (unpaired) electrons. The normalized spacial score (nSPS) is 21.1. The molecule has 2 heterocycles. The second-order valence-corrected chi connectivity index (χ2v) is 4.32. The second-order valence-electron chi connectivity index (χ2n) is 4.32. The first-order valence-electron chi connectivity index (χ1n) is 5.67. The van der Waals surface area contributed by atoms with E-state index in [1.165, 1.54) is 6.42 Å². The van der Waals surface area contributed by atoms with Crippen LogP contribution in [0.4, 0.5) is 17.2 Å². The molecule has 1 fully saturated rings. The molecule has 5 nitrogen and oxygen atoms in total. The van der Waals surface area contributed by atoms with Gasteiger partial charge in [0.2, 0.25) is 0 Å². The van der Waals surface area contributed by atoms with Crippen molar-refractivity contribution in [1.29, 1.82) is 0 Å². The predicted octanol–water partition coefficient (Wildman–Crippen LogP) is 0.421. The number of anilines is 3. The van der Waals surface area contributed by atoms with Crippen molar-refractivity contribution in [2.24, 2.45) is 11.7 Å². The Labute approximate surface area is 95.6 Å². The van der Waals surface area contributed by atoms with E-state index in [2.05, 4.69) is 9.88 Å². The van der Waals surface area contributed by atoms with Crippen LogP contribution in [0, 0.1) is 5.92 Å². The van der Waals surface area contributed by atoms with E-state index in [9.17, 15) is 0 Å². The first kappa shape index (κ1) is 11.0. The third-order valence-electron chi connectivity index (χ3n) is 3.19. The molecule has 0 bridgehead atoms. The van der Waals surface area contributed by atoms with Crippen LogP contribution in [0.15, 0.2) is 12.3 Å². The molecule has 0 saturated carbocycles. The SMILES string of the molecule is NCC1CCCN(c2ccnc(N)c2N)C1. The van der Waals surface area contributed by atoms with Gasteiger partial charge in [0.1, 0.15) is 5.82 Å². The van der Waals surface area contributed by atoms with Crippen molar-refractivity contribution in [1.82, 2.24) is 4.98 Å². The van der Waals surface area contributed by atoms with E-state index in [1.807, 2.05) is 6.07 Å². The average Bonchev–Trinajstić information content (AvgIpc) is 2.33. The van der Waals surface area contributed by atoms with Gasteiger partial charge in [-0.25, -0.2) is 4.98 Å². The van der Waals surface area contributed by atoms with Gasteiger partial charge in [-0.1, -0.05) is 0 Å². The largest absolute Gasteiger partial charge is 0.394 e. The molecule has 0 aliphatic carbocycles. The van der Waals surface area contributed by atoms with Crippen LogP contribution in [0.3, 0.4) is 0 Å². The van der Waals surface area contributed by atoms with Crippen LogP contribution in [0.1, 0.15) is 12.8 Å². The summed E-state index contributed by atoms with van der Waals surface area (Å²) in [6, 6.07) is 1.92. The van der Waals surface area contributed by atoms with Gasteiger partial charge in [0.05, 0.1) is 11.4 Å². The highest BCUT2D eigenvalue weighted by Crippen LogP contribution is 2.29. The monoisotopic (exact) mass is 221 g/mol. The number of hydrogen-bond acceptors (Lipinski definition) is 5. The number of hydrogen-bond donors (Lipinski definition) is 3. The Morgan fingerprint density at radius 1 is 1.44 bits per heavy atom. The average molecular weight is 221 g/mol. The summed E-state index contributed by atoms with van der Waals surface area (Å²) in [7, 11) is 0. The van der Waals surface area contributed by atoms with Crippen LogP contribution < -0.4 is 22.1 Å². The van der Waals surface area contributed by atoms with Crippen LogP contribution in [-0.4, -0.2) is 24.6 Å². The van der Waals surface area contributed by atoms with Crippen molar-refractivity contribution >= 4 is 17.2 Å². The fourth-order valence-electron chi connectivity index (χ4n) is 2.23. The number of pyridine rings is 1. The van der Waals surface area contributed by atoms with Gasteiger partial charge in [-0.15, -0.1) is 0 Å². The molecule has 1 aromatic heterocycles. The van der Waals surface area contributed by atoms with Crippen molar-refractivity contribution in [2.45, 2.75) is 12.8 Å². The molecule has 16 heavy (non-hydrogen) atoms. The summed E-state index contributed by atoms with van der Waals surface area (Å²) >= 11 is 0. The quantitative estimate of drug-likeness (QED) is 0.673. The number of nitrogens with two attached hydrogens (primary N) is 3. The van der Waals surface area contributed by atoms with E-state index in [-0.39, 0.29) is 0 Å². The van der Waals surface area contributed by atoms with Gasteiger partial charge in [-0.2, -0.15) is 0 Å². The van der Waals surface area contributed by atoms with Crippen LogP contribution >= 0.6 is 0 Å². The van der Waals surface area contributed by atoms with Gasteiger partial charge in [0, 0.05) is 19.3 Å². The number of piperidine rings is 1. The molecule has 1 aliphatic rings. The molecule has 0 amide bonds. The van der Waals surface area contributed by atoms with Gasteiger partial charge < -0.3 is 22.1 Å². The topological polar surface area (TPSA) is 94.2 Å². The molecule has 6 N–H and O–H groups in total. The van der Waals surface area contributed by atoms with Gasteiger partial charge in [-0.05, 0) is 31.4 Å². The fourth-order valence-corrected chi connectivity index (χ4v) is 2.23. The maximum absolute atomic E-state index is 5.94. The summed E-state index contributed by atoms with van der Waals surface area (Å²) in [5, 5.41) is 0. The summed E-state index contributed by atoms with van der Waals surface area (Å²) < 4.78 is 0. The van der Waals surface area contributed by atoms with Gasteiger partial charge >= 0.3 is 0 Å². The van der Waals surface area contributed by atoms with E-state index in [1.54, 1.807) is 6.20 Å². The van der Waals surface area contributed by atoms with E-state index in [0.717, 1.165) is 31.7 Å². The highest BCUT2D eigenvalue weighted by molar-refractivity contribution is 5.76. The van der Waals surface area contributed by atoms with Crippen LogP contribution in [0.5, 0.6) is 0 Å². The molecule has 2 rings (SSSR count). The van der Waals surface area contributed by atoms with Crippen LogP contribution in [0.25, 0.3) is 0 Å². The molecule has 88 valence electrons. The summed E-state index contributed by atoms with van der Waals surface area (Å²) in [5.74, 6) is 0.968. The van der Waals surface area contributed by atoms with Crippen LogP contribution in [-0.2, 0) is 0 Å². The van der Waals surface area contributed by atoms with Crippen molar-refractivity contribution in [2.75, 3.05) is 36.0 Å². The number of rotatable bonds is 2. The van der Waals surface area contributed by atoms with Crippen molar-refractivity contribution in [3.05, 3.63) is 12.3 Å². The lowest BCUT2D eigenvalue weighted by Gasteiger charge is -2.34. The lowest BCUT2D eigenvalue weighted by molar-refractivity contribution is 0.424. The van der Waals surface area contributed by atoms with Crippen molar-refractivity contribution < 1.29 is 0 Å². The maximum atomic E-state index is 5.94. The molecule has 1 saturated heterocycles. The predicted molar refractivity (Wildman–Crippen MR) is 67.1 cm³/mol. The zero-order valence-electron chi connectivity index (χ0n) is 9.39. The third-order valence-corrected chi connectivity index (χ3v) is 3.19. The molecule has 5 heteroatoms. The number of nitrogen functional groups attached to an aromatic ring is 2. The molecular weight excluding hydrogens is 202 g/mol. The summed E-state index contributed by atoms with van der Waals surface area (Å²) in [5.41, 5.74) is 18.9. The maximum Gasteiger partial charge on any atom is 0.148 e. The highest BCUT2D eigenvalue weighted by Gasteiger charge is 2.20. The molecular formula is C11H19N5. The number of aromatic nitrogens is 1. The van der Waals surface area contributed by atoms with E-state index >= 15 is 0 Å². The third kappa shape index (κ3) is 2.04. The summed E-state index contributed by atoms with van der Waals surface area (Å²) in [6.07, 6.45) is 4.06. The van der Waals surface area contributed by atoms with Gasteiger partial charge in [-0.3, -0.25) is 0 Å². The Kier molecular flexibility index (Phi) is 3.14. The standard InChI is InChI=1S/C11H19N5/c12-6-8-2-1-5-16(7-8)9-3-4-15-11(14)10(9)13/h3-4,8H,1-2,5-7,12-13H2,(H2,14,15). The molecule has 1 aromatic rings. The minimum atomic E-state index is 0.410. The Hall–Kier alpha value is -1.49. The molecule has 1 aliphatic heterocycles. The van der Waals surface area contributed by atoms with Crippen molar-refractivity contribution in [3.8, 4) is 0 Å². The summed E-state index contributed by atoms with van der Waals surface area (Å²) in [4.78, 5) is 6.23. The molecule has 1 atom stereocenters. The molecule has 0 spiro atoms. The van der Waals surface area contributed by atoms with E-state index < -0.39 is 0 Å². The Morgan fingerprint density at radius 2 is 2.25 bits per heavy atom. The van der Waals surface area contributed by atoms with E-state index in [4.69, 9.17) is 17.2 Å². The first-order chi connectivity index (χ1) is 7.72. The zero-order valence-corrected chi connectivity index (χ0v) is 9.39. The van der Waals surface area contributed by atoms with Gasteiger partial charge in [0.25, 0.3) is 0 Å². The second kappa shape index (κ2) is 4.57. The Morgan fingerprint density at radius 3 is 3.00 bits per heavy atom. The minimum absolute atomic E-state index is 0.410.